The lowest BCUT2D eigenvalue weighted by Gasteiger charge is -2.40. The zero-order valence-electron chi connectivity index (χ0n) is 13.7. The molecule has 5 heteroatoms. The zero-order chi connectivity index (χ0) is 15.5. The number of likely N-dealkylation sites (tertiary alicyclic amines) is 1. The lowest BCUT2D eigenvalue weighted by molar-refractivity contribution is -0.000982. The molecule has 22 heavy (non-hydrogen) atoms. The summed E-state index contributed by atoms with van der Waals surface area (Å²) >= 11 is 0. The van der Waals surface area contributed by atoms with Crippen molar-refractivity contribution in [1.82, 2.24) is 14.8 Å². The highest BCUT2D eigenvalue weighted by molar-refractivity contribution is 5.92. The van der Waals surface area contributed by atoms with Crippen molar-refractivity contribution in [2.45, 2.75) is 32.7 Å². The van der Waals surface area contributed by atoms with E-state index >= 15 is 0 Å². The Morgan fingerprint density at radius 1 is 1.27 bits per heavy atom. The lowest BCUT2D eigenvalue weighted by Crippen LogP contribution is -2.49. The fourth-order valence-corrected chi connectivity index (χ4v) is 3.66. The number of hydrogen-bond acceptors (Lipinski definition) is 3. The maximum Gasteiger partial charge on any atom is 0.270 e. The van der Waals surface area contributed by atoms with Gasteiger partial charge in [-0.1, -0.05) is 0 Å². The van der Waals surface area contributed by atoms with E-state index in [1.807, 2.05) is 24.1 Å². The Morgan fingerprint density at radius 2 is 1.95 bits per heavy atom. The number of morpholine rings is 1. The maximum absolute atomic E-state index is 12.5. The van der Waals surface area contributed by atoms with Gasteiger partial charge in [-0.25, -0.2) is 0 Å². The summed E-state index contributed by atoms with van der Waals surface area (Å²) in [4.78, 5) is 20.1. The molecule has 1 aromatic rings. The highest BCUT2D eigenvalue weighted by atomic mass is 16.5. The van der Waals surface area contributed by atoms with E-state index in [0.717, 1.165) is 63.5 Å². The summed E-state index contributed by atoms with van der Waals surface area (Å²) in [6.07, 6.45) is 4.09. The smallest absolute Gasteiger partial charge is 0.270 e. The largest absolute Gasteiger partial charge is 0.379 e. The molecule has 1 amide bonds. The van der Waals surface area contributed by atoms with Gasteiger partial charge in [0.1, 0.15) is 5.69 Å². The molecule has 0 unspecified atom stereocenters. The number of piperidine rings is 1. The van der Waals surface area contributed by atoms with Crippen LogP contribution in [0, 0.1) is 12.8 Å². The number of rotatable bonds is 3. The monoisotopic (exact) mass is 305 g/mol. The Hall–Kier alpha value is -1.33. The molecule has 0 aromatic carbocycles. The Labute approximate surface area is 132 Å². The summed E-state index contributed by atoms with van der Waals surface area (Å²) in [5.74, 6) is 0.832. The van der Waals surface area contributed by atoms with Crippen LogP contribution in [0.5, 0.6) is 0 Å². The van der Waals surface area contributed by atoms with E-state index < -0.39 is 0 Å². The summed E-state index contributed by atoms with van der Waals surface area (Å²) in [6.45, 7) is 9.88. The molecular formula is C17H27N3O2. The molecule has 1 atom stereocenters. The third-order valence-electron chi connectivity index (χ3n) is 5.19. The number of amides is 1. The van der Waals surface area contributed by atoms with Gasteiger partial charge in [0.15, 0.2) is 0 Å². The summed E-state index contributed by atoms with van der Waals surface area (Å²) in [7, 11) is 0. The Kier molecular flexibility index (Phi) is 4.84. The van der Waals surface area contributed by atoms with Crippen molar-refractivity contribution in [3.05, 3.63) is 23.5 Å². The van der Waals surface area contributed by atoms with E-state index in [-0.39, 0.29) is 5.91 Å². The fourth-order valence-electron chi connectivity index (χ4n) is 3.66. The van der Waals surface area contributed by atoms with Crippen LogP contribution in [0.15, 0.2) is 12.3 Å². The molecule has 0 bridgehead atoms. The Morgan fingerprint density at radius 3 is 2.55 bits per heavy atom. The van der Waals surface area contributed by atoms with Crippen LogP contribution in [0.2, 0.25) is 0 Å². The third-order valence-corrected chi connectivity index (χ3v) is 5.19. The predicted molar refractivity (Wildman–Crippen MR) is 86.0 cm³/mol. The van der Waals surface area contributed by atoms with Crippen LogP contribution in [0.1, 0.15) is 35.8 Å². The normalized spacial score (nSPS) is 22.7. The van der Waals surface area contributed by atoms with Crippen LogP contribution in [0.25, 0.3) is 0 Å². The molecule has 0 radical (unpaired) electrons. The van der Waals surface area contributed by atoms with Crippen molar-refractivity contribution in [2.75, 3.05) is 39.4 Å². The molecule has 2 fully saturated rings. The number of carbonyl (C=O) groups is 1. The van der Waals surface area contributed by atoms with Crippen LogP contribution in [-0.2, 0) is 4.74 Å². The first-order valence-corrected chi connectivity index (χ1v) is 8.41. The van der Waals surface area contributed by atoms with Gasteiger partial charge >= 0.3 is 0 Å². The van der Waals surface area contributed by atoms with Crippen molar-refractivity contribution in [3.63, 3.8) is 0 Å². The Bertz CT molecular complexity index is 500. The van der Waals surface area contributed by atoms with Gasteiger partial charge < -0.3 is 14.6 Å². The second-order valence-electron chi connectivity index (χ2n) is 6.61. The second-order valence-corrected chi connectivity index (χ2v) is 6.61. The van der Waals surface area contributed by atoms with Gasteiger partial charge in [-0.2, -0.15) is 0 Å². The number of aromatic amines is 1. The third kappa shape index (κ3) is 3.36. The van der Waals surface area contributed by atoms with Gasteiger partial charge in [0.05, 0.1) is 13.2 Å². The first-order chi connectivity index (χ1) is 10.6. The van der Waals surface area contributed by atoms with E-state index in [1.54, 1.807) is 0 Å². The molecule has 2 aliphatic rings. The molecule has 2 aliphatic heterocycles. The molecule has 1 aromatic heterocycles. The molecule has 0 spiro atoms. The van der Waals surface area contributed by atoms with Gasteiger partial charge in [-0.3, -0.25) is 9.69 Å². The van der Waals surface area contributed by atoms with E-state index in [2.05, 4.69) is 16.8 Å². The van der Waals surface area contributed by atoms with Gasteiger partial charge in [0.25, 0.3) is 5.91 Å². The van der Waals surface area contributed by atoms with Crippen LogP contribution < -0.4 is 0 Å². The van der Waals surface area contributed by atoms with Crippen molar-refractivity contribution in [2.24, 2.45) is 5.92 Å². The highest BCUT2D eigenvalue weighted by Gasteiger charge is 2.30. The number of carbonyl (C=O) groups excluding carboxylic acids is 1. The molecule has 2 saturated heterocycles. The number of nitrogens with one attached hydrogen (secondary N) is 1. The van der Waals surface area contributed by atoms with E-state index in [1.165, 1.54) is 0 Å². The molecule has 3 rings (SSSR count). The maximum atomic E-state index is 12.5. The molecule has 3 heterocycles. The summed E-state index contributed by atoms with van der Waals surface area (Å²) in [5, 5.41) is 0. The van der Waals surface area contributed by atoms with Gasteiger partial charge in [-0.15, -0.1) is 0 Å². The van der Waals surface area contributed by atoms with E-state index in [4.69, 9.17) is 4.74 Å². The predicted octanol–water partition coefficient (Wildman–Crippen LogP) is 1.90. The summed E-state index contributed by atoms with van der Waals surface area (Å²) in [5.41, 5.74) is 1.83. The average Bonchev–Trinajstić information content (AvgIpc) is 3.01. The van der Waals surface area contributed by atoms with Gasteiger partial charge in [0.2, 0.25) is 0 Å². The molecular weight excluding hydrogens is 278 g/mol. The van der Waals surface area contributed by atoms with Crippen molar-refractivity contribution in [3.8, 4) is 0 Å². The number of ether oxygens (including phenoxy) is 1. The lowest BCUT2D eigenvalue weighted by atomic mass is 9.89. The quantitative estimate of drug-likeness (QED) is 0.928. The van der Waals surface area contributed by atoms with Gasteiger partial charge in [-0.05, 0) is 44.2 Å². The van der Waals surface area contributed by atoms with Crippen LogP contribution in [0.3, 0.4) is 0 Å². The number of aryl methyl sites for hydroxylation is 1. The topological polar surface area (TPSA) is 48.6 Å². The molecule has 0 saturated carbocycles. The van der Waals surface area contributed by atoms with Crippen molar-refractivity contribution < 1.29 is 9.53 Å². The van der Waals surface area contributed by atoms with E-state index in [0.29, 0.717) is 12.0 Å². The number of hydrogen-bond donors (Lipinski definition) is 1. The van der Waals surface area contributed by atoms with Crippen molar-refractivity contribution in [1.29, 1.82) is 0 Å². The first-order valence-electron chi connectivity index (χ1n) is 8.41. The molecule has 5 nitrogen and oxygen atoms in total. The minimum atomic E-state index is 0.144. The molecule has 0 aliphatic carbocycles. The SMILES string of the molecule is Cc1c[nH]c(C(=O)N2CCC([C@@H](C)N3CCOCC3)CC2)c1. The summed E-state index contributed by atoms with van der Waals surface area (Å²) < 4.78 is 5.44. The number of aromatic nitrogens is 1. The minimum absolute atomic E-state index is 0.144. The van der Waals surface area contributed by atoms with Crippen LogP contribution in [-0.4, -0.2) is 66.1 Å². The second kappa shape index (κ2) is 6.84. The summed E-state index contributed by atoms with van der Waals surface area (Å²) in [6, 6.07) is 2.53. The van der Waals surface area contributed by atoms with E-state index in [9.17, 15) is 4.79 Å². The first kappa shape index (κ1) is 15.6. The molecule has 122 valence electrons. The zero-order valence-corrected chi connectivity index (χ0v) is 13.7. The highest BCUT2D eigenvalue weighted by Crippen LogP contribution is 2.25. The van der Waals surface area contributed by atoms with Gasteiger partial charge in [0, 0.05) is 38.4 Å². The standard InChI is InChI=1S/C17H27N3O2/c1-13-11-16(18-12-13)17(21)20-5-3-15(4-6-20)14(2)19-7-9-22-10-8-19/h11-12,14-15,18H,3-10H2,1-2H3/t14-/m1/s1. The van der Waals surface area contributed by atoms with Crippen molar-refractivity contribution >= 4 is 5.91 Å². The van der Waals surface area contributed by atoms with Crippen LogP contribution in [0.4, 0.5) is 0 Å². The van der Waals surface area contributed by atoms with Crippen LogP contribution >= 0.6 is 0 Å². The average molecular weight is 305 g/mol. The molecule has 1 N–H and O–H groups in total. The minimum Gasteiger partial charge on any atom is -0.379 e. The number of nitrogens with zero attached hydrogens (tertiary/aromatic N) is 2. The Balaban J connectivity index is 1.52. The fraction of sp³-hybridized carbons (Fsp3) is 0.706. The number of H-pyrrole nitrogens is 1.